The summed E-state index contributed by atoms with van der Waals surface area (Å²) in [5.41, 5.74) is 1.83. The van der Waals surface area contributed by atoms with Crippen LogP contribution in [0.3, 0.4) is 0 Å². The first-order valence-electron chi connectivity index (χ1n) is 8.11. The number of halogens is 3. The molecule has 2 aromatic carbocycles. The Labute approximate surface area is 149 Å². The van der Waals surface area contributed by atoms with E-state index in [4.69, 9.17) is 9.47 Å². The highest BCUT2D eigenvalue weighted by Crippen LogP contribution is 2.39. The fourth-order valence-corrected chi connectivity index (χ4v) is 3.10. The van der Waals surface area contributed by atoms with Crippen molar-refractivity contribution in [1.29, 1.82) is 0 Å². The molecular weight excluding hydrogens is 347 g/mol. The number of fused-ring (bicyclic) bond motifs is 1. The van der Waals surface area contributed by atoms with Gasteiger partial charge in [0, 0.05) is 0 Å². The quantitative estimate of drug-likeness (QED) is 0.787. The van der Waals surface area contributed by atoms with Crippen LogP contribution in [-0.4, -0.2) is 25.4 Å². The van der Waals surface area contributed by atoms with Crippen LogP contribution in [0.15, 0.2) is 48.5 Å². The molecule has 0 fully saturated rings. The third-order valence-corrected chi connectivity index (χ3v) is 4.24. The zero-order chi connectivity index (χ0) is 18.7. The summed E-state index contributed by atoms with van der Waals surface area (Å²) in [5.74, 6) is 0.536. The van der Waals surface area contributed by atoms with E-state index in [1.165, 1.54) is 7.11 Å². The first-order chi connectivity index (χ1) is 12.4. The van der Waals surface area contributed by atoms with Gasteiger partial charge in [0.1, 0.15) is 12.4 Å². The number of hydrogen-bond acceptors (Lipinski definition) is 3. The minimum Gasteiger partial charge on any atom is -0.497 e. The van der Waals surface area contributed by atoms with E-state index in [1.54, 1.807) is 42.5 Å². The number of benzene rings is 2. The van der Waals surface area contributed by atoms with Crippen LogP contribution in [0.2, 0.25) is 0 Å². The van der Waals surface area contributed by atoms with E-state index in [0.717, 1.165) is 10.5 Å². The Morgan fingerprint density at radius 1 is 1.19 bits per heavy atom. The fraction of sp³-hybridized carbons (Fsp3) is 0.316. The molecule has 0 radical (unpaired) electrons. The Balaban J connectivity index is 1.81. The zero-order valence-corrected chi connectivity index (χ0v) is 14.1. The third-order valence-electron chi connectivity index (χ3n) is 4.24. The van der Waals surface area contributed by atoms with E-state index in [1.807, 2.05) is 6.07 Å². The molecule has 4 nitrogen and oxygen atoms in total. The summed E-state index contributed by atoms with van der Waals surface area (Å²) in [6, 6.07) is 12.8. The number of alkyl halides is 3. The summed E-state index contributed by atoms with van der Waals surface area (Å²) in [6.45, 7) is 0.000396. The topological polar surface area (TPSA) is 38.8 Å². The Kier molecular flexibility index (Phi) is 5.06. The maximum Gasteiger partial charge on any atom is 0.414 e. The third kappa shape index (κ3) is 4.09. The summed E-state index contributed by atoms with van der Waals surface area (Å²) in [7, 11) is 1.48. The van der Waals surface area contributed by atoms with Crippen molar-refractivity contribution in [2.75, 3.05) is 12.0 Å². The van der Waals surface area contributed by atoms with Gasteiger partial charge in [0.2, 0.25) is 0 Å². The van der Waals surface area contributed by atoms with Gasteiger partial charge in [-0.15, -0.1) is 0 Å². The van der Waals surface area contributed by atoms with Crippen molar-refractivity contribution in [3.05, 3.63) is 59.7 Å². The molecule has 26 heavy (non-hydrogen) atoms. The second kappa shape index (κ2) is 7.27. The van der Waals surface area contributed by atoms with E-state index in [2.05, 4.69) is 0 Å². The summed E-state index contributed by atoms with van der Waals surface area (Å²) in [5, 5.41) is 0. The molecule has 0 saturated carbocycles. The van der Waals surface area contributed by atoms with Crippen molar-refractivity contribution in [2.45, 2.75) is 31.7 Å². The van der Waals surface area contributed by atoms with Crippen LogP contribution < -0.4 is 9.64 Å². The van der Waals surface area contributed by atoms with E-state index in [-0.39, 0.29) is 13.0 Å². The molecule has 138 valence electrons. The molecule has 1 heterocycles. The van der Waals surface area contributed by atoms with Gasteiger partial charge in [-0.1, -0.05) is 30.3 Å². The molecule has 2 aromatic rings. The van der Waals surface area contributed by atoms with Gasteiger partial charge < -0.3 is 9.47 Å². The molecule has 0 aliphatic carbocycles. The van der Waals surface area contributed by atoms with Gasteiger partial charge in [-0.05, 0) is 35.7 Å². The molecular formula is C19H18F3NO3. The molecule has 7 heteroatoms. The maximum atomic E-state index is 13.0. The van der Waals surface area contributed by atoms with Gasteiger partial charge in [0.05, 0.1) is 25.3 Å². The lowest BCUT2D eigenvalue weighted by molar-refractivity contribution is -0.137. The smallest absolute Gasteiger partial charge is 0.414 e. The molecule has 1 unspecified atom stereocenters. The summed E-state index contributed by atoms with van der Waals surface area (Å²) < 4.78 is 49.3. The number of carbonyl (C=O) groups excluding carboxylic acids is 1. The lowest BCUT2D eigenvalue weighted by Crippen LogP contribution is -2.40. The molecule has 0 N–H and O–H groups in total. The minimum absolute atomic E-state index is 0.000396. The van der Waals surface area contributed by atoms with Gasteiger partial charge in [0.15, 0.2) is 0 Å². The van der Waals surface area contributed by atoms with Crippen molar-refractivity contribution in [3.8, 4) is 5.75 Å². The molecule has 0 spiro atoms. The van der Waals surface area contributed by atoms with Gasteiger partial charge in [-0.3, -0.25) is 4.90 Å². The van der Waals surface area contributed by atoms with Gasteiger partial charge in [0.25, 0.3) is 0 Å². The average Bonchev–Trinajstić information content (AvgIpc) is 2.95. The molecule has 0 saturated heterocycles. The van der Waals surface area contributed by atoms with E-state index < -0.39 is 24.7 Å². The number of ether oxygens (including phenoxy) is 2. The Morgan fingerprint density at radius 2 is 1.92 bits per heavy atom. The molecule has 3 rings (SSSR count). The zero-order valence-electron chi connectivity index (χ0n) is 14.1. The van der Waals surface area contributed by atoms with Crippen molar-refractivity contribution in [3.63, 3.8) is 0 Å². The van der Waals surface area contributed by atoms with E-state index in [0.29, 0.717) is 17.0 Å². The van der Waals surface area contributed by atoms with Crippen LogP contribution >= 0.6 is 0 Å². The summed E-state index contributed by atoms with van der Waals surface area (Å²) in [6.07, 6.45) is -6.15. The highest BCUT2D eigenvalue weighted by Gasteiger charge is 2.42. The number of nitrogens with zero attached hydrogens (tertiary/aromatic N) is 1. The first kappa shape index (κ1) is 18.1. The molecule has 1 aliphatic heterocycles. The van der Waals surface area contributed by atoms with Gasteiger partial charge >= 0.3 is 12.3 Å². The predicted octanol–water partition coefficient (Wildman–Crippen LogP) is 4.72. The average molecular weight is 365 g/mol. The lowest BCUT2D eigenvalue weighted by Gasteiger charge is -2.25. The van der Waals surface area contributed by atoms with Crippen LogP contribution in [0, 0.1) is 0 Å². The minimum atomic E-state index is -4.38. The second-order valence-electron chi connectivity index (χ2n) is 6.08. The van der Waals surface area contributed by atoms with Gasteiger partial charge in [-0.2, -0.15) is 13.2 Å². The van der Waals surface area contributed by atoms with Crippen molar-refractivity contribution in [2.24, 2.45) is 0 Å². The SMILES string of the molecule is COc1ccc2c(c1)CC(CC(F)(F)F)N2C(=O)OCc1ccccc1. The predicted molar refractivity (Wildman–Crippen MR) is 90.3 cm³/mol. The number of anilines is 1. The van der Waals surface area contributed by atoms with Crippen molar-refractivity contribution < 1.29 is 27.4 Å². The highest BCUT2D eigenvalue weighted by molar-refractivity contribution is 5.91. The summed E-state index contributed by atoms with van der Waals surface area (Å²) in [4.78, 5) is 13.6. The molecule has 0 aromatic heterocycles. The molecule has 1 atom stereocenters. The second-order valence-corrected chi connectivity index (χ2v) is 6.08. The lowest BCUT2D eigenvalue weighted by atomic mass is 10.1. The summed E-state index contributed by atoms with van der Waals surface area (Å²) >= 11 is 0. The Hall–Kier alpha value is -2.70. The van der Waals surface area contributed by atoms with Crippen LogP contribution in [0.4, 0.5) is 23.7 Å². The van der Waals surface area contributed by atoms with Crippen LogP contribution in [0.1, 0.15) is 17.5 Å². The Bertz CT molecular complexity index is 777. The number of carbonyl (C=O) groups is 1. The standard InChI is InChI=1S/C19H18F3NO3/c1-25-16-7-8-17-14(10-16)9-15(11-19(20,21)22)23(17)18(24)26-12-13-5-3-2-4-6-13/h2-8,10,15H,9,11-12H2,1H3. The normalized spacial score (nSPS) is 16.3. The monoisotopic (exact) mass is 365 g/mol. The number of hydrogen-bond donors (Lipinski definition) is 0. The van der Waals surface area contributed by atoms with Crippen LogP contribution in [0.25, 0.3) is 0 Å². The maximum absolute atomic E-state index is 13.0. The van der Waals surface area contributed by atoms with Crippen LogP contribution in [-0.2, 0) is 17.8 Å². The molecule has 1 amide bonds. The number of rotatable bonds is 4. The fourth-order valence-electron chi connectivity index (χ4n) is 3.10. The molecule has 1 aliphatic rings. The van der Waals surface area contributed by atoms with E-state index >= 15 is 0 Å². The van der Waals surface area contributed by atoms with Crippen LogP contribution in [0.5, 0.6) is 5.75 Å². The van der Waals surface area contributed by atoms with E-state index in [9.17, 15) is 18.0 Å². The van der Waals surface area contributed by atoms with Crippen molar-refractivity contribution in [1.82, 2.24) is 0 Å². The number of amides is 1. The van der Waals surface area contributed by atoms with Crippen molar-refractivity contribution >= 4 is 11.8 Å². The highest BCUT2D eigenvalue weighted by atomic mass is 19.4. The van der Waals surface area contributed by atoms with Gasteiger partial charge in [-0.25, -0.2) is 4.79 Å². The largest absolute Gasteiger partial charge is 0.497 e. The first-order valence-corrected chi connectivity index (χ1v) is 8.11. The Morgan fingerprint density at radius 3 is 2.58 bits per heavy atom. The molecule has 0 bridgehead atoms. The number of methoxy groups -OCH3 is 1.